The first-order valence-corrected chi connectivity index (χ1v) is 9.05. The molecule has 3 heterocycles. The molecule has 0 radical (unpaired) electrons. The Bertz CT molecular complexity index is 775. The molecule has 0 aliphatic carbocycles. The fraction of sp³-hybridized carbons (Fsp3) is 0.267. The monoisotopic (exact) mass is 333 g/mol. The quantitative estimate of drug-likeness (QED) is 0.696. The Morgan fingerprint density at radius 1 is 1.52 bits per heavy atom. The van der Waals surface area contributed by atoms with Gasteiger partial charge in [-0.2, -0.15) is 4.37 Å². The molecule has 0 fully saturated rings. The van der Waals surface area contributed by atoms with Crippen molar-refractivity contribution in [2.45, 2.75) is 25.9 Å². The van der Waals surface area contributed by atoms with E-state index in [1.807, 2.05) is 6.92 Å². The van der Waals surface area contributed by atoms with Gasteiger partial charge >= 0.3 is 0 Å². The highest BCUT2D eigenvalue weighted by molar-refractivity contribution is 7.24. The van der Waals surface area contributed by atoms with Crippen molar-refractivity contribution >= 4 is 49.4 Å². The predicted molar refractivity (Wildman–Crippen MR) is 94.4 cm³/mol. The Hall–Kier alpha value is -1.39. The molecule has 3 N–H and O–H groups in total. The van der Waals surface area contributed by atoms with E-state index in [1.54, 1.807) is 22.7 Å². The Balaban J connectivity index is 1.90. The number of fused-ring (bicyclic) bond motifs is 1. The number of hydrogen-bond donors (Lipinski definition) is 2. The summed E-state index contributed by atoms with van der Waals surface area (Å²) in [5, 5.41) is 6.64. The van der Waals surface area contributed by atoms with Crippen molar-refractivity contribution in [2.24, 2.45) is 5.73 Å². The number of anilines is 1. The highest BCUT2D eigenvalue weighted by atomic mass is 32.1. The molecule has 1 atom stereocenters. The van der Waals surface area contributed by atoms with Gasteiger partial charge in [0.1, 0.15) is 10.5 Å². The van der Waals surface area contributed by atoms with E-state index >= 15 is 0 Å². The molecule has 0 aliphatic rings. The standard InChI is InChI=1S/C15H15N3S3/c1-3-11-12(7-9(2)16)20-14-13(11)18-21-15(14)17-8-10-5-4-6-19-10/h1,4-6,9,17H,7-8,16H2,2H3. The Labute approximate surface area is 136 Å². The number of nitrogens with two attached hydrogens (primary N) is 1. The van der Waals surface area contributed by atoms with Gasteiger partial charge in [-0.25, -0.2) is 0 Å². The lowest BCUT2D eigenvalue weighted by atomic mass is 10.1. The lowest BCUT2D eigenvalue weighted by molar-refractivity contribution is 0.746. The minimum atomic E-state index is 0.103. The third-order valence-electron chi connectivity index (χ3n) is 3.05. The molecular weight excluding hydrogens is 318 g/mol. The fourth-order valence-electron chi connectivity index (χ4n) is 2.12. The minimum absolute atomic E-state index is 0.103. The van der Waals surface area contributed by atoms with Crippen molar-refractivity contribution in [3.8, 4) is 12.3 Å². The van der Waals surface area contributed by atoms with Crippen LogP contribution in [-0.2, 0) is 13.0 Å². The molecule has 21 heavy (non-hydrogen) atoms. The molecule has 3 aromatic heterocycles. The summed E-state index contributed by atoms with van der Waals surface area (Å²) in [6.45, 7) is 2.82. The molecule has 6 heteroatoms. The molecule has 0 spiro atoms. The van der Waals surface area contributed by atoms with Gasteiger partial charge in [0.25, 0.3) is 0 Å². The zero-order valence-electron chi connectivity index (χ0n) is 11.6. The summed E-state index contributed by atoms with van der Waals surface area (Å²) in [6.07, 6.45) is 6.46. The van der Waals surface area contributed by atoms with E-state index in [0.29, 0.717) is 0 Å². The Kier molecular flexibility index (Phi) is 4.27. The fourth-order valence-corrected chi connectivity index (χ4v) is 5.00. The van der Waals surface area contributed by atoms with Crippen molar-refractivity contribution in [1.29, 1.82) is 0 Å². The first-order valence-electron chi connectivity index (χ1n) is 6.58. The molecule has 0 saturated heterocycles. The van der Waals surface area contributed by atoms with Gasteiger partial charge in [0.05, 0.1) is 16.8 Å². The molecule has 0 bridgehead atoms. The van der Waals surface area contributed by atoms with Crippen LogP contribution in [0.5, 0.6) is 0 Å². The molecular formula is C15H15N3S3. The number of rotatable bonds is 5. The summed E-state index contributed by atoms with van der Waals surface area (Å²) in [5.41, 5.74) is 7.76. The third kappa shape index (κ3) is 2.97. The van der Waals surface area contributed by atoms with E-state index < -0.39 is 0 Å². The first-order chi connectivity index (χ1) is 10.2. The van der Waals surface area contributed by atoms with Gasteiger partial charge in [-0.1, -0.05) is 12.0 Å². The molecule has 0 aliphatic heterocycles. The number of aromatic nitrogens is 1. The smallest absolute Gasteiger partial charge is 0.127 e. The lowest BCUT2D eigenvalue weighted by Crippen LogP contribution is -2.17. The zero-order valence-corrected chi connectivity index (χ0v) is 14.0. The van der Waals surface area contributed by atoms with Crippen LogP contribution in [0.4, 0.5) is 5.00 Å². The average Bonchev–Trinajstić information content (AvgIpc) is 3.12. The van der Waals surface area contributed by atoms with Crippen molar-refractivity contribution in [1.82, 2.24) is 4.37 Å². The van der Waals surface area contributed by atoms with Crippen molar-refractivity contribution in [3.63, 3.8) is 0 Å². The molecule has 1 unspecified atom stereocenters. The van der Waals surface area contributed by atoms with Crippen LogP contribution < -0.4 is 11.1 Å². The summed E-state index contributed by atoms with van der Waals surface area (Å²) in [4.78, 5) is 2.47. The summed E-state index contributed by atoms with van der Waals surface area (Å²) < 4.78 is 5.68. The van der Waals surface area contributed by atoms with Crippen LogP contribution in [0.25, 0.3) is 10.2 Å². The highest BCUT2D eigenvalue weighted by Crippen LogP contribution is 2.39. The maximum atomic E-state index is 5.91. The van der Waals surface area contributed by atoms with Gasteiger partial charge < -0.3 is 11.1 Å². The van der Waals surface area contributed by atoms with Crippen molar-refractivity contribution < 1.29 is 0 Å². The van der Waals surface area contributed by atoms with Gasteiger partial charge in [0.2, 0.25) is 0 Å². The van der Waals surface area contributed by atoms with Crippen LogP contribution in [0, 0.1) is 12.3 Å². The Morgan fingerprint density at radius 2 is 2.38 bits per heavy atom. The van der Waals surface area contributed by atoms with Gasteiger partial charge in [-0.3, -0.25) is 0 Å². The third-order valence-corrected chi connectivity index (χ3v) is 6.07. The molecule has 3 aromatic rings. The minimum Gasteiger partial charge on any atom is -0.370 e. The largest absolute Gasteiger partial charge is 0.370 e. The van der Waals surface area contributed by atoms with Gasteiger partial charge in [-0.05, 0) is 36.3 Å². The maximum Gasteiger partial charge on any atom is 0.127 e. The van der Waals surface area contributed by atoms with E-state index in [0.717, 1.165) is 38.6 Å². The Morgan fingerprint density at radius 3 is 3.05 bits per heavy atom. The summed E-state index contributed by atoms with van der Waals surface area (Å²) in [7, 11) is 0. The second-order valence-electron chi connectivity index (χ2n) is 4.85. The van der Waals surface area contributed by atoms with Crippen LogP contribution in [0.15, 0.2) is 17.5 Å². The number of hydrogen-bond acceptors (Lipinski definition) is 6. The number of terminal acetylenes is 1. The second kappa shape index (κ2) is 6.16. The SMILES string of the molecule is C#Cc1c(CC(C)N)sc2c(NCc3cccs3)snc12. The lowest BCUT2D eigenvalue weighted by Gasteiger charge is -2.02. The van der Waals surface area contributed by atoms with Crippen LogP contribution in [0.1, 0.15) is 22.2 Å². The zero-order chi connectivity index (χ0) is 14.8. The van der Waals surface area contributed by atoms with Crippen molar-refractivity contribution in [2.75, 3.05) is 5.32 Å². The van der Waals surface area contributed by atoms with E-state index in [-0.39, 0.29) is 6.04 Å². The van der Waals surface area contributed by atoms with E-state index in [1.165, 1.54) is 16.4 Å². The molecule has 3 rings (SSSR count). The van der Waals surface area contributed by atoms with E-state index in [4.69, 9.17) is 12.2 Å². The predicted octanol–water partition coefficient (Wildman–Crippen LogP) is 3.90. The maximum absolute atomic E-state index is 5.91. The number of nitrogens with one attached hydrogen (secondary N) is 1. The molecule has 0 aromatic carbocycles. The van der Waals surface area contributed by atoms with E-state index in [2.05, 4.69) is 33.1 Å². The number of nitrogens with zero attached hydrogens (tertiary/aromatic N) is 1. The van der Waals surface area contributed by atoms with Crippen LogP contribution in [-0.4, -0.2) is 10.4 Å². The normalized spacial score (nSPS) is 12.4. The second-order valence-corrected chi connectivity index (χ2v) is 7.76. The first kappa shape index (κ1) is 14.5. The summed E-state index contributed by atoms with van der Waals surface area (Å²) in [5.74, 6) is 2.78. The topological polar surface area (TPSA) is 50.9 Å². The average molecular weight is 334 g/mol. The molecule has 3 nitrogen and oxygen atoms in total. The summed E-state index contributed by atoms with van der Waals surface area (Å²) >= 11 is 4.94. The van der Waals surface area contributed by atoms with Gasteiger partial charge in [0, 0.05) is 15.8 Å². The molecule has 0 amide bonds. The van der Waals surface area contributed by atoms with Crippen LogP contribution >= 0.6 is 34.2 Å². The summed E-state index contributed by atoms with van der Waals surface area (Å²) in [6, 6.07) is 4.29. The van der Waals surface area contributed by atoms with Crippen LogP contribution in [0.2, 0.25) is 0 Å². The number of thiophene rings is 2. The van der Waals surface area contributed by atoms with Gasteiger partial charge in [-0.15, -0.1) is 29.1 Å². The highest BCUT2D eigenvalue weighted by Gasteiger charge is 2.17. The molecule has 0 saturated carbocycles. The van der Waals surface area contributed by atoms with Gasteiger partial charge in [0.15, 0.2) is 0 Å². The van der Waals surface area contributed by atoms with Crippen molar-refractivity contribution in [3.05, 3.63) is 32.8 Å². The van der Waals surface area contributed by atoms with E-state index in [9.17, 15) is 0 Å². The van der Waals surface area contributed by atoms with Crippen LogP contribution in [0.3, 0.4) is 0 Å². The molecule has 108 valence electrons.